The third-order valence-corrected chi connectivity index (χ3v) is 3.02. The first-order valence-electron chi connectivity index (χ1n) is 6.47. The highest BCUT2D eigenvalue weighted by Crippen LogP contribution is 2.10. The molecule has 9 heteroatoms. The molecule has 9 nitrogen and oxygen atoms in total. The fourth-order valence-corrected chi connectivity index (χ4v) is 2.05. The minimum absolute atomic E-state index is 0.00716. The normalized spacial score (nSPS) is 13.4. The number of rotatable bonds is 7. The van der Waals surface area contributed by atoms with Crippen LogP contribution < -0.4 is 16.6 Å². The lowest BCUT2D eigenvalue weighted by Crippen LogP contribution is -2.52. The quantitative estimate of drug-likeness (QED) is 0.635. The SMILES string of the molecule is COCC(C)(CC(=O)O)NC(=O)Cn1ccc(=O)n(C)c1=O. The third-order valence-electron chi connectivity index (χ3n) is 3.02. The van der Waals surface area contributed by atoms with Crippen LogP contribution in [-0.2, 0) is 27.9 Å². The van der Waals surface area contributed by atoms with Crippen LogP contribution >= 0.6 is 0 Å². The number of hydrogen-bond acceptors (Lipinski definition) is 5. The van der Waals surface area contributed by atoms with Crippen molar-refractivity contribution in [2.24, 2.45) is 7.05 Å². The van der Waals surface area contributed by atoms with Crippen molar-refractivity contribution in [1.29, 1.82) is 0 Å². The Morgan fingerprint density at radius 3 is 2.59 bits per heavy atom. The molecule has 122 valence electrons. The molecule has 0 radical (unpaired) electrons. The molecule has 0 aliphatic heterocycles. The van der Waals surface area contributed by atoms with Gasteiger partial charge in [-0.25, -0.2) is 4.79 Å². The fraction of sp³-hybridized carbons (Fsp3) is 0.538. The van der Waals surface area contributed by atoms with Crippen LogP contribution in [0.5, 0.6) is 0 Å². The minimum Gasteiger partial charge on any atom is -0.481 e. The molecule has 2 N–H and O–H groups in total. The fourth-order valence-electron chi connectivity index (χ4n) is 2.05. The maximum absolute atomic E-state index is 12.0. The topological polar surface area (TPSA) is 120 Å². The lowest BCUT2D eigenvalue weighted by atomic mass is 9.99. The molecule has 0 spiro atoms. The molecule has 0 aromatic carbocycles. The smallest absolute Gasteiger partial charge is 0.331 e. The number of methoxy groups -OCH3 is 1. The molecule has 0 fully saturated rings. The first-order valence-corrected chi connectivity index (χ1v) is 6.47. The van der Waals surface area contributed by atoms with Gasteiger partial charge in [-0.05, 0) is 6.92 Å². The summed E-state index contributed by atoms with van der Waals surface area (Å²) in [7, 11) is 2.70. The lowest BCUT2D eigenvalue weighted by Gasteiger charge is -2.28. The summed E-state index contributed by atoms with van der Waals surface area (Å²) < 4.78 is 6.86. The van der Waals surface area contributed by atoms with Crippen LogP contribution in [-0.4, -0.2) is 45.4 Å². The van der Waals surface area contributed by atoms with Crippen LogP contribution in [0.1, 0.15) is 13.3 Å². The van der Waals surface area contributed by atoms with Crippen LogP contribution in [0, 0.1) is 0 Å². The lowest BCUT2D eigenvalue weighted by molar-refractivity contribution is -0.139. The van der Waals surface area contributed by atoms with E-state index in [0.717, 1.165) is 9.13 Å². The van der Waals surface area contributed by atoms with Crippen molar-refractivity contribution in [2.75, 3.05) is 13.7 Å². The highest BCUT2D eigenvalue weighted by molar-refractivity contribution is 5.78. The molecule has 0 bridgehead atoms. The molecule has 1 atom stereocenters. The Morgan fingerprint density at radius 1 is 1.41 bits per heavy atom. The molecular formula is C13H19N3O6. The molecule has 1 rings (SSSR count). The summed E-state index contributed by atoms with van der Waals surface area (Å²) in [5.74, 6) is -1.64. The number of carbonyl (C=O) groups excluding carboxylic acids is 1. The van der Waals surface area contributed by atoms with E-state index in [-0.39, 0.29) is 19.6 Å². The molecule has 0 aliphatic rings. The van der Waals surface area contributed by atoms with Crippen molar-refractivity contribution in [2.45, 2.75) is 25.4 Å². The summed E-state index contributed by atoms with van der Waals surface area (Å²) in [6.07, 6.45) is 0.893. The number of carboxylic acids is 1. The number of aliphatic carboxylic acids is 1. The zero-order valence-corrected chi connectivity index (χ0v) is 12.7. The van der Waals surface area contributed by atoms with Crippen LogP contribution in [0.2, 0.25) is 0 Å². The Kier molecular flexibility index (Phi) is 5.63. The molecule has 1 aromatic heterocycles. The Balaban J connectivity index is 2.89. The van der Waals surface area contributed by atoms with Crippen molar-refractivity contribution >= 4 is 11.9 Å². The Morgan fingerprint density at radius 2 is 2.05 bits per heavy atom. The maximum atomic E-state index is 12.0. The van der Waals surface area contributed by atoms with Crippen molar-refractivity contribution < 1.29 is 19.4 Å². The molecule has 22 heavy (non-hydrogen) atoms. The van der Waals surface area contributed by atoms with Crippen molar-refractivity contribution in [3.05, 3.63) is 33.1 Å². The predicted octanol–water partition coefficient (Wildman–Crippen LogP) is -1.46. The van der Waals surface area contributed by atoms with E-state index in [1.807, 2.05) is 0 Å². The summed E-state index contributed by atoms with van der Waals surface area (Å²) >= 11 is 0. The van der Waals surface area contributed by atoms with E-state index >= 15 is 0 Å². The predicted molar refractivity (Wildman–Crippen MR) is 76.6 cm³/mol. The van der Waals surface area contributed by atoms with Crippen LogP contribution in [0.25, 0.3) is 0 Å². The van der Waals surface area contributed by atoms with Crippen LogP contribution in [0.3, 0.4) is 0 Å². The molecule has 0 saturated carbocycles. The van der Waals surface area contributed by atoms with Crippen molar-refractivity contribution in [1.82, 2.24) is 14.5 Å². The van der Waals surface area contributed by atoms with Gasteiger partial charge in [-0.3, -0.25) is 23.5 Å². The van der Waals surface area contributed by atoms with E-state index in [1.165, 1.54) is 33.3 Å². The molecule has 0 aliphatic carbocycles. The molecule has 0 saturated heterocycles. The molecular weight excluding hydrogens is 294 g/mol. The summed E-state index contributed by atoms with van der Waals surface area (Å²) in [4.78, 5) is 46.0. The highest BCUT2D eigenvalue weighted by Gasteiger charge is 2.29. The number of nitrogens with one attached hydrogen (secondary N) is 1. The van der Waals surface area contributed by atoms with Gasteiger partial charge < -0.3 is 15.2 Å². The Bertz CT molecular complexity index is 677. The number of amides is 1. The largest absolute Gasteiger partial charge is 0.481 e. The van der Waals surface area contributed by atoms with Gasteiger partial charge in [-0.2, -0.15) is 0 Å². The number of carbonyl (C=O) groups is 2. The van der Waals surface area contributed by atoms with Gasteiger partial charge in [-0.1, -0.05) is 0 Å². The van der Waals surface area contributed by atoms with Gasteiger partial charge in [0.25, 0.3) is 5.56 Å². The Labute approximate surface area is 126 Å². The van der Waals surface area contributed by atoms with Gasteiger partial charge in [0.1, 0.15) is 6.54 Å². The maximum Gasteiger partial charge on any atom is 0.331 e. The molecule has 1 heterocycles. The van der Waals surface area contributed by atoms with E-state index in [1.54, 1.807) is 0 Å². The van der Waals surface area contributed by atoms with Crippen molar-refractivity contribution in [3.8, 4) is 0 Å². The van der Waals surface area contributed by atoms with E-state index in [0.29, 0.717) is 0 Å². The molecule has 1 amide bonds. The zero-order chi connectivity index (χ0) is 16.9. The first-order chi connectivity index (χ1) is 10.2. The second kappa shape index (κ2) is 7.03. The van der Waals surface area contributed by atoms with Crippen LogP contribution in [0.4, 0.5) is 0 Å². The number of carboxylic acid groups (broad SMARTS) is 1. The van der Waals surface area contributed by atoms with E-state index < -0.39 is 28.7 Å². The van der Waals surface area contributed by atoms with Crippen molar-refractivity contribution in [3.63, 3.8) is 0 Å². The standard InChI is InChI=1S/C13H19N3O6/c1-13(8-22-3,6-11(19)20)14-9(17)7-16-5-4-10(18)15(2)12(16)21/h4-5H,6-8H2,1-3H3,(H,14,17)(H,19,20). The Hall–Kier alpha value is -2.42. The highest BCUT2D eigenvalue weighted by atomic mass is 16.5. The number of ether oxygens (including phenoxy) is 1. The van der Waals surface area contributed by atoms with E-state index in [4.69, 9.17) is 9.84 Å². The number of hydrogen-bond donors (Lipinski definition) is 2. The minimum atomic E-state index is -1.10. The van der Waals surface area contributed by atoms with Gasteiger partial charge in [0, 0.05) is 26.4 Å². The van der Waals surface area contributed by atoms with Crippen LogP contribution in [0.15, 0.2) is 21.9 Å². The van der Waals surface area contributed by atoms with Gasteiger partial charge in [0.05, 0.1) is 18.6 Å². The summed E-state index contributed by atoms with van der Waals surface area (Å²) in [6.45, 7) is 1.21. The molecule has 1 unspecified atom stereocenters. The van der Waals surface area contributed by atoms with E-state index in [2.05, 4.69) is 5.32 Å². The zero-order valence-electron chi connectivity index (χ0n) is 12.7. The third kappa shape index (κ3) is 4.55. The number of aromatic nitrogens is 2. The van der Waals surface area contributed by atoms with Gasteiger partial charge in [-0.15, -0.1) is 0 Å². The first kappa shape index (κ1) is 17.6. The van der Waals surface area contributed by atoms with E-state index in [9.17, 15) is 19.2 Å². The van der Waals surface area contributed by atoms with Gasteiger partial charge in [0.2, 0.25) is 5.91 Å². The summed E-state index contributed by atoms with van der Waals surface area (Å²) in [6, 6.07) is 1.17. The van der Waals surface area contributed by atoms with Gasteiger partial charge >= 0.3 is 11.7 Å². The number of nitrogens with zero attached hydrogens (tertiary/aromatic N) is 2. The monoisotopic (exact) mass is 313 g/mol. The second-order valence-electron chi connectivity index (χ2n) is 5.24. The summed E-state index contributed by atoms with van der Waals surface area (Å²) in [5.41, 5.74) is -2.20. The second-order valence-corrected chi connectivity index (χ2v) is 5.24. The average molecular weight is 313 g/mol. The molecule has 1 aromatic rings. The average Bonchev–Trinajstić information content (AvgIpc) is 2.38. The van der Waals surface area contributed by atoms with Gasteiger partial charge in [0.15, 0.2) is 0 Å². The summed E-state index contributed by atoms with van der Waals surface area (Å²) in [5, 5.41) is 11.4.